The fraction of sp³-hybridized carbons (Fsp3) is 0.115. The second-order valence-corrected chi connectivity index (χ2v) is 10.4. The number of rotatable bonds is 6. The molecule has 0 saturated carbocycles. The smallest absolute Gasteiger partial charge is 0.283 e. The van der Waals surface area contributed by atoms with Gasteiger partial charge in [-0.2, -0.15) is 5.10 Å². The summed E-state index contributed by atoms with van der Waals surface area (Å²) in [6.07, 6.45) is 1.75. The lowest BCUT2D eigenvalue weighted by molar-refractivity contribution is -0.384. The van der Waals surface area contributed by atoms with E-state index in [1.807, 2.05) is 68.7 Å². The number of nitro benzene ring substituents is 1. The molecule has 3 heterocycles. The van der Waals surface area contributed by atoms with E-state index in [4.69, 9.17) is 10.1 Å². The molecular weight excluding hydrogens is 508 g/mol. The SMILES string of the molecule is Cc1ccc(C=Nn2c(-c3ccc([N+](=O)[O-])cc3)csc2=Nc2c(C)n(C)n(-c3ccccc3)c2=O)s1. The van der Waals surface area contributed by atoms with E-state index >= 15 is 0 Å². The van der Waals surface area contributed by atoms with Crippen LogP contribution in [0.15, 0.2) is 87.0 Å². The van der Waals surface area contributed by atoms with E-state index < -0.39 is 4.92 Å². The summed E-state index contributed by atoms with van der Waals surface area (Å²) < 4.78 is 5.03. The number of para-hydroxylation sites is 1. The highest BCUT2D eigenvalue weighted by Gasteiger charge is 2.17. The average Bonchev–Trinajstić information content (AvgIpc) is 3.56. The lowest BCUT2D eigenvalue weighted by Gasteiger charge is -2.07. The number of aryl methyl sites for hydroxylation is 1. The van der Waals surface area contributed by atoms with Crippen LogP contribution in [0.3, 0.4) is 0 Å². The van der Waals surface area contributed by atoms with Crippen LogP contribution in [0.2, 0.25) is 0 Å². The number of hydrogen-bond acceptors (Lipinski definition) is 7. The van der Waals surface area contributed by atoms with Crippen LogP contribution in [0.1, 0.15) is 15.4 Å². The number of aromatic nitrogens is 3. The molecule has 11 heteroatoms. The zero-order valence-electron chi connectivity index (χ0n) is 20.2. The average molecular weight is 531 g/mol. The molecule has 37 heavy (non-hydrogen) atoms. The molecule has 0 aliphatic rings. The van der Waals surface area contributed by atoms with Crippen LogP contribution in [0.5, 0.6) is 0 Å². The van der Waals surface area contributed by atoms with Gasteiger partial charge < -0.3 is 0 Å². The number of nitro groups is 1. The topological polar surface area (TPSA) is 99.7 Å². The lowest BCUT2D eigenvalue weighted by Crippen LogP contribution is -2.19. The largest absolute Gasteiger partial charge is 0.297 e. The van der Waals surface area contributed by atoms with E-state index in [2.05, 4.69) is 0 Å². The van der Waals surface area contributed by atoms with Crippen molar-refractivity contribution in [3.63, 3.8) is 0 Å². The quantitative estimate of drug-likeness (QED) is 0.167. The van der Waals surface area contributed by atoms with Crippen molar-refractivity contribution in [1.82, 2.24) is 14.0 Å². The number of thiophene rings is 1. The van der Waals surface area contributed by atoms with Crippen LogP contribution >= 0.6 is 22.7 Å². The Kier molecular flexibility index (Phi) is 6.55. The van der Waals surface area contributed by atoms with E-state index in [0.717, 1.165) is 16.1 Å². The molecule has 0 unspecified atom stereocenters. The highest BCUT2D eigenvalue weighted by atomic mass is 32.1. The molecule has 0 saturated heterocycles. The number of hydrogen-bond donors (Lipinski definition) is 0. The van der Waals surface area contributed by atoms with Crippen molar-refractivity contribution in [2.75, 3.05) is 0 Å². The second-order valence-electron chi connectivity index (χ2n) is 8.23. The van der Waals surface area contributed by atoms with Gasteiger partial charge in [-0.15, -0.1) is 22.7 Å². The third-order valence-corrected chi connectivity index (χ3v) is 7.60. The van der Waals surface area contributed by atoms with Crippen molar-refractivity contribution in [1.29, 1.82) is 0 Å². The second kappa shape index (κ2) is 9.96. The van der Waals surface area contributed by atoms with Gasteiger partial charge in [0, 0.05) is 39.9 Å². The van der Waals surface area contributed by atoms with E-state index in [-0.39, 0.29) is 11.2 Å². The predicted octanol–water partition coefficient (Wildman–Crippen LogP) is 5.41. The molecule has 5 rings (SSSR count). The molecule has 0 amide bonds. The van der Waals surface area contributed by atoms with Crippen LogP contribution < -0.4 is 10.4 Å². The molecule has 5 aromatic rings. The maximum absolute atomic E-state index is 13.4. The van der Waals surface area contributed by atoms with Crippen molar-refractivity contribution in [2.24, 2.45) is 17.1 Å². The summed E-state index contributed by atoms with van der Waals surface area (Å²) >= 11 is 2.95. The normalized spacial score (nSPS) is 12.0. The Morgan fingerprint density at radius 3 is 2.38 bits per heavy atom. The van der Waals surface area contributed by atoms with Gasteiger partial charge in [0.1, 0.15) is 0 Å². The fourth-order valence-electron chi connectivity index (χ4n) is 3.86. The maximum Gasteiger partial charge on any atom is 0.297 e. The van der Waals surface area contributed by atoms with Gasteiger partial charge in [-0.05, 0) is 50.2 Å². The number of nitrogens with zero attached hydrogens (tertiary/aromatic N) is 6. The van der Waals surface area contributed by atoms with Gasteiger partial charge in [0.2, 0.25) is 4.80 Å². The third kappa shape index (κ3) is 4.74. The Balaban J connectivity index is 1.68. The summed E-state index contributed by atoms with van der Waals surface area (Å²) in [5, 5.41) is 17.7. The third-order valence-electron chi connectivity index (χ3n) is 5.85. The minimum Gasteiger partial charge on any atom is -0.283 e. The molecule has 9 nitrogen and oxygen atoms in total. The maximum atomic E-state index is 13.4. The molecule has 0 atom stereocenters. The first-order valence-electron chi connectivity index (χ1n) is 11.3. The van der Waals surface area contributed by atoms with Gasteiger partial charge >= 0.3 is 0 Å². The zero-order valence-corrected chi connectivity index (χ0v) is 21.9. The Morgan fingerprint density at radius 1 is 1.00 bits per heavy atom. The molecule has 0 radical (unpaired) electrons. The summed E-state index contributed by atoms with van der Waals surface area (Å²) in [4.78, 5) is 31.5. The van der Waals surface area contributed by atoms with Crippen molar-refractivity contribution in [3.05, 3.63) is 113 Å². The monoisotopic (exact) mass is 530 g/mol. The van der Waals surface area contributed by atoms with E-state index in [1.165, 1.54) is 28.3 Å². The highest BCUT2D eigenvalue weighted by molar-refractivity contribution is 7.13. The number of benzene rings is 2. The highest BCUT2D eigenvalue weighted by Crippen LogP contribution is 2.24. The Morgan fingerprint density at radius 2 is 1.73 bits per heavy atom. The van der Waals surface area contributed by atoms with Gasteiger partial charge in [-0.25, -0.2) is 14.4 Å². The summed E-state index contributed by atoms with van der Waals surface area (Å²) in [6, 6.07) is 19.7. The van der Waals surface area contributed by atoms with Gasteiger partial charge in [0.25, 0.3) is 11.2 Å². The van der Waals surface area contributed by atoms with Crippen molar-refractivity contribution in [2.45, 2.75) is 13.8 Å². The van der Waals surface area contributed by atoms with Crippen LogP contribution in [-0.2, 0) is 7.05 Å². The Hall–Kier alpha value is -4.35. The first-order chi connectivity index (χ1) is 17.8. The molecule has 0 fully saturated rings. The lowest BCUT2D eigenvalue weighted by atomic mass is 10.1. The van der Waals surface area contributed by atoms with Gasteiger partial charge in [-0.3, -0.25) is 19.6 Å². The summed E-state index contributed by atoms with van der Waals surface area (Å²) in [7, 11) is 1.82. The number of thiazole rings is 1. The Labute approximate surface area is 219 Å². The molecule has 2 aromatic carbocycles. The van der Waals surface area contributed by atoms with E-state index in [1.54, 1.807) is 43.7 Å². The molecule has 3 aromatic heterocycles. The first-order valence-corrected chi connectivity index (χ1v) is 13.0. The van der Waals surface area contributed by atoms with Crippen LogP contribution in [-0.4, -0.2) is 25.2 Å². The minimum absolute atomic E-state index is 0.00868. The first kappa shape index (κ1) is 24.3. The minimum atomic E-state index is -0.431. The molecule has 0 N–H and O–H groups in total. The van der Waals surface area contributed by atoms with Gasteiger partial charge in [-0.1, -0.05) is 18.2 Å². The van der Waals surface area contributed by atoms with Gasteiger partial charge in [0.05, 0.1) is 28.2 Å². The molecule has 0 aliphatic heterocycles. The predicted molar refractivity (Wildman–Crippen MR) is 147 cm³/mol. The Bertz CT molecular complexity index is 1750. The molecular formula is C26H22N6O3S2. The van der Waals surface area contributed by atoms with Crippen LogP contribution in [0, 0.1) is 24.0 Å². The zero-order chi connectivity index (χ0) is 26.1. The van der Waals surface area contributed by atoms with Crippen LogP contribution in [0.4, 0.5) is 11.4 Å². The van der Waals surface area contributed by atoms with Gasteiger partial charge in [0.15, 0.2) is 5.69 Å². The summed E-state index contributed by atoms with van der Waals surface area (Å²) in [5.41, 5.74) is 3.00. The summed E-state index contributed by atoms with van der Waals surface area (Å²) in [5.74, 6) is 0. The summed E-state index contributed by atoms with van der Waals surface area (Å²) in [6.45, 7) is 3.88. The molecule has 0 spiro atoms. The molecule has 0 bridgehead atoms. The molecule has 0 aliphatic carbocycles. The molecule has 186 valence electrons. The standard InChI is InChI=1S/C26H22N6O3S2/c1-17-9-14-22(37-17)15-27-30-23(19-10-12-21(13-11-19)32(34)35)16-36-26(30)28-24-18(2)29(3)31(25(24)33)20-7-5-4-6-8-20/h4-16H,1-3H3. The van der Waals surface area contributed by atoms with Crippen LogP contribution in [0.25, 0.3) is 16.9 Å². The number of non-ortho nitro benzene ring substituents is 1. The van der Waals surface area contributed by atoms with Crippen molar-refractivity contribution in [3.8, 4) is 16.9 Å². The fourth-order valence-corrected chi connectivity index (χ4v) is 5.44. The van der Waals surface area contributed by atoms with Crippen molar-refractivity contribution >= 4 is 40.3 Å². The van der Waals surface area contributed by atoms with Crippen molar-refractivity contribution < 1.29 is 4.92 Å². The van der Waals surface area contributed by atoms with E-state index in [9.17, 15) is 14.9 Å². The van der Waals surface area contributed by atoms with E-state index in [0.29, 0.717) is 21.9 Å².